The fourth-order valence-corrected chi connectivity index (χ4v) is 2.62. The summed E-state index contributed by atoms with van der Waals surface area (Å²) >= 11 is 0. The van der Waals surface area contributed by atoms with Gasteiger partial charge in [0, 0.05) is 30.6 Å². The molecule has 0 aromatic heterocycles. The van der Waals surface area contributed by atoms with Crippen molar-refractivity contribution in [3.05, 3.63) is 29.8 Å². The summed E-state index contributed by atoms with van der Waals surface area (Å²) in [5, 5.41) is 0. The first kappa shape index (κ1) is 13.1. The first-order valence-corrected chi connectivity index (χ1v) is 6.90. The van der Waals surface area contributed by atoms with Gasteiger partial charge in [-0.1, -0.05) is 32.9 Å². The maximum Gasteiger partial charge on any atom is 0.139 e. The largest absolute Gasteiger partial charge is 0.368 e. The van der Waals surface area contributed by atoms with Gasteiger partial charge in [0.1, 0.15) is 5.78 Å². The highest BCUT2D eigenvalue weighted by Crippen LogP contribution is 2.27. The maximum absolute atomic E-state index is 11.7. The Kier molecular flexibility index (Phi) is 3.74. The smallest absolute Gasteiger partial charge is 0.139 e. The van der Waals surface area contributed by atoms with Crippen molar-refractivity contribution in [2.75, 3.05) is 11.4 Å². The number of nitrogens with zero attached hydrogens (tertiary/aromatic N) is 1. The molecule has 1 saturated heterocycles. The van der Waals surface area contributed by atoms with Gasteiger partial charge in [-0.25, -0.2) is 0 Å². The zero-order chi connectivity index (χ0) is 13.3. The first-order chi connectivity index (χ1) is 8.50. The van der Waals surface area contributed by atoms with E-state index in [1.54, 1.807) is 0 Å². The van der Waals surface area contributed by atoms with E-state index >= 15 is 0 Å². The van der Waals surface area contributed by atoms with Crippen LogP contribution >= 0.6 is 0 Å². The van der Waals surface area contributed by atoms with E-state index in [1.807, 2.05) is 6.92 Å². The average molecular weight is 245 g/mol. The number of hydrogen-bond acceptors (Lipinski definition) is 2. The summed E-state index contributed by atoms with van der Waals surface area (Å²) in [5.41, 5.74) is 2.61. The second-order valence-corrected chi connectivity index (χ2v) is 5.69. The molecular weight excluding hydrogens is 222 g/mol. The number of carbonyl (C=O) groups is 1. The molecule has 18 heavy (non-hydrogen) atoms. The van der Waals surface area contributed by atoms with E-state index in [4.69, 9.17) is 0 Å². The van der Waals surface area contributed by atoms with Gasteiger partial charge >= 0.3 is 0 Å². The molecule has 1 aliphatic heterocycles. The van der Waals surface area contributed by atoms with E-state index in [0.29, 0.717) is 24.2 Å². The SMILES string of the molecule is CC(C)c1ccc(N2CCC(=O)C(C)C2C)cc1. The van der Waals surface area contributed by atoms with Crippen LogP contribution in [0.15, 0.2) is 24.3 Å². The quantitative estimate of drug-likeness (QED) is 0.793. The predicted molar refractivity (Wildman–Crippen MR) is 76.1 cm³/mol. The lowest BCUT2D eigenvalue weighted by Gasteiger charge is -2.38. The van der Waals surface area contributed by atoms with Crippen LogP contribution in [0.25, 0.3) is 0 Å². The second kappa shape index (κ2) is 5.13. The van der Waals surface area contributed by atoms with E-state index < -0.39 is 0 Å². The van der Waals surface area contributed by atoms with E-state index in [9.17, 15) is 4.79 Å². The lowest BCUT2D eigenvalue weighted by atomic mass is 9.90. The summed E-state index contributed by atoms with van der Waals surface area (Å²) in [6, 6.07) is 9.08. The van der Waals surface area contributed by atoms with Crippen LogP contribution in [-0.4, -0.2) is 18.4 Å². The second-order valence-electron chi connectivity index (χ2n) is 5.69. The van der Waals surface area contributed by atoms with Gasteiger partial charge in [-0.3, -0.25) is 4.79 Å². The summed E-state index contributed by atoms with van der Waals surface area (Å²) in [6.45, 7) is 9.46. The van der Waals surface area contributed by atoms with Crippen LogP contribution in [0.2, 0.25) is 0 Å². The fraction of sp³-hybridized carbons (Fsp3) is 0.562. The molecule has 0 bridgehead atoms. The van der Waals surface area contributed by atoms with Gasteiger partial charge < -0.3 is 4.90 Å². The molecule has 0 saturated carbocycles. The van der Waals surface area contributed by atoms with E-state index in [1.165, 1.54) is 11.3 Å². The van der Waals surface area contributed by atoms with Crippen molar-refractivity contribution >= 4 is 11.5 Å². The van der Waals surface area contributed by atoms with Gasteiger partial charge in [0.25, 0.3) is 0 Å². The summed E-state index contributed by atoms with van der Waals surface area (Å²) < 4.78 is 0. The molecule has 2 unspecified atom stereocenters. The van der Waals surface area contributed by atoms with Crippen LogP contribution in [-0.2, 0) is 4.79 Å². The number of carbonyl (C=O) groups excluding carboxylic acids is 1. The zero-order valence-electron chi connectivity index (χ0n) is 11.8. The van der Waals surface area contributed by atoms with Crippen molar-refractivity contribution in [2.45, 2.75) is 46.1 Å². The van der Waals surface area contributed by atoms with Crippen LogP contribution in [0.3, 0.4) is 0 Å². The van der Waals surface area contributed by atoms with Crippen LogP contribution in [0.5, 0.6) is 0 Å². The van der Waals surface area contributed by atoms with Crippen molar-refractivity contribution in [2.24, 2.45) is 5.92 Å². The van der Waals surface area contributed by atoms with Gasteiger partial charge in [-0.05, 0) is 30.5 Å². The summed E-state index contributed by atoms with van der Waals surface area (Å²) in [4.78, 5) is 14.1. The fourth-order valence-electron chi connectivity index (χ4n) is 2.62. The molecule has 1 aromatic rings. The highest BCUT2D eigenvalue weighted by Gasteiger charge is 2.30. The Morgan fingerprint density at radius 3 is 2.33 bits per heavy atom. The molecule has 1 heterocycles. The molecule has 2 atom stereocenters. The summed E-state index contributed by atoms with van der Waals surface area (Å²) in [7, 11) is 0. The van der Waals surface area contributed by atoms with Gasteiger partial charge in [0.2, 0.25) is 0 Å². The zero-order valence-corrected chi connectivity index (χ0v) is 11.8. The van der Waals surface area contributed by atoms with Crippen molar-refractivity contribution in [3.63, 3.8) is 0 Å². The monoisotopic (exact) mass is 245 g/mol. The van der Waals surface area contributed by atoms with Gasteiger partial charge in [-0.15, -0.1) is 0 Å². The molecule has 0 amide bonds. The normalized spacial score (nSPS) is 24.7. The minimum atomic E-state index is 0.142. The molecule has 0 radical (unpaired) electrons. The lowest BCUT2D eigenvalue weighted by Crippen LogP contribution is -2.46. The molecule has 0 N–H and O–H groups in total. The number of Topliss-reactive ketones (excluding diaryl/α,β-unsaturated/α-hetero) is 1. The Balaban J connectivity index is 2.18. The van der Waals surface area contributed by atoms with Crippen LogP contribution in [0, 0.1) is 5.92 Å². The molecule has 0 spiro atoms. The average Bonchev–Trinajstić information content (AvgIpc) is 2.36. The van der Waals surface area contributed by atoms with E-state index in [-0.39, 0.29) is 5.92 Å². The standard InChI is InChI=1S/C16H23NO/c1-11(2)14-5-7-15(8-6-14)17-10-9-16(18)12(3)13(17)4/h5-8,11-13H,9-10H2,1-4H3. The summed E-state index contributed by atoms with van der Waals surface area (Å²) in [6.07, 6.45) is 0.678. The van der Waals surface area contributed by atoms with Gasteiger partial charge in [-0.2, -0.15) is 0 Å². The minimum Gasteiger partial charge on any atom is -0.368 e. The molecule has 0 aliphatic carbocycles. The Morgan fingerprint density at radius 2 is 1.78 bits per heavy atom. The molecular formula is C16H23NO. The Morgan fingerprint density at radius 1 is 1.17 bits per heavy atom. The molecule has 2 nitrogen and oxygen atoms in total. The molecule has 1 aromatic carbocycles. The van der Waals surface area contributed by atoms with Crippen LogP contribution < -0.4 is 4.90 Å². The van der Waals surface area contributed by atoms with Gasteiger partial charge in [0.15, 0.2) is 0 Å². The third kappa shape index (κ3) is 2.43. The van der Waals surface area contributed by atoms with Crippen molar-refractivity contribution in [1.29, 1.82) is 0 Å². The third-order valence-electron chi connectivity index (χ3n) is 4.21. The summed E-state index contributed by atoms with van der Waals surface area (Å²) in [5.74, 6) is 1.11. The molecule has 1 aliphatic rings. The number of benzene rings is 1. The first-order valence-electron chi connectivity index (χ1n) is 6.90. The number of hydrogen-bond donors (Lipinski definition) is 0. The number of ketones is 1. The maximum atomic E-state index is 11.7. The molecule has 98 valence electrons. The molecule has 1 fully saturated rings. The number of rotatable bonds is 2. The highest BCUT2D eigenvalue weighted by molar-refractivity contribution is 5.84. The third-order valence-corrected chi connectivity index (χ3v) is 4.21. The van der Waals surface area contributed by atoms with Gasteiger partial charge in [0.05, 0.1) is 0 Å². The number of piperidine rings is 1. The minimum absolute atomic E-state index is 0.142. The van der Waals surface area contributed by atoms with Crippen LogP contribution in [0.1, 0.15) is 45.6 Å². The van der Waals surface area contributed by atoms with Crippen molar-refractivity contribution < 1.29 is 4.79 Å². The molecule has 2 heteroatoms. The Bertz CT molecular complexity index is 421. The predicted octanol–water partition coefficient (Wildman–Crippen LogP) is 3.61. The topological polar surface area (TPSA) is 20.3 Å². The van der Waals surface area contributed by atoms with Crippen LogP contribution in [0.4, 0.5) is 5.69 Å². The number of anilines is 1. The van der Waals surface area contributed by atoms with E-state index in [2.05, 4.69) is 49.9 Å². The highest BCUT2D eigenvalue weighted by atomic mass is 16.1. The Hall–Kier alpha value is -1.31. The Labute approximate surface area is 110 Å². The van der Waals surface area contributed by atoms with Crippen molar-refractivity contribution in [1.82, 2.24) is 0 Å². The lowest BCUT2D eigenvalue weighted by molar-refractivity contribution is -0.123. The van der Waals surface area contributed by atoms with E-state index in [0.717, 1.165) is 6.54 Å². The van der Waals surface area contributed by atoms with Crippen molar-refractivity contribution in [3.8, 4) is 0 Å². The molecule has 2 rings (SSSR count).